The van der Waals surface area contributed by atoms with Gasteiger partial charge in [-0.15, -0.1) is 0 Å². The number of aliphatic hydroxyl groups is 2. The Kier molecular flexibility index (Phi) is 14.5. The molecule has 55 heavy (non-hydrogen) atoms. The number of carbonyl (C=O) groups is 3. The van der Waals surface area contributed by atoms with Crippen molar-refractivity contribution in [3.05, 3.63) is 95.1 Å². The number of aromatic nitrogens is 1. The molecule has 1 amide bonds. The quantitative estimate of drug-likeness (QED) is 0.0607. The predicted molar refractivity (Wildman–Crippen MR) is 204 cm³/mol. The molecule has 1 aliphatic rings. The molecule has 4 aromatic rings. The molecule has 3 atom stereocenters. The molecule has 0 spiro atoms. The fourth-order valence-corrected chi connectivity index (χ4v) is 6.52. The third-order valence-electron chi connectivity index (χ3n) is 9.24. The maximum absolute atomic E-state index is 12.0. The van der Waals surface area contributed by atoms with E-state index >= 15 is 0 Å². The van der Waals surface area contributed by atoms with E-state index in [4.69, 9.17) is 24.4 Å². The van der Waals surface area contributed by atoms with Crippen LogP contribution in [0.1, 0.15) is 47.6 Å². The number of rotatable bonds is 21. The highest BCUT2D eigenvalue weighted by atomic mass is 16.5. The van der Waals surface area contributed by atoms with Crippen molar-refractivity contribution in [2.45, 2.75) is 57.5 Å². The van der Waals surface area contributed by atoms with E-state index < -0.39 is 24.1 Å². The standard InChI is InChI=1S/C41H48N4O10/c1-25-31(26-9-12-30(13-10-26)53-18-17-43-22-28(46)19-39(49)50)5-3-6-32(25)33-7-4-8-35-34(33)14-15-36(35)55-38-16-11-27(21-44-23-29(47)20-40(51)52)41(45-38)54-24-37(48)42-2/h3-13,16,28-29,36,43-44,46-47H,14-15,17-24H2,1-2H3,(H,42,48)(H,49,50)(H,51,52)/t28-,29-,36-/m0/s1. The van der Waals surface area contributed by atoms with Crippen molar-refractivity contribution in [2.75, 3.05) is 39.9 Å². The molecule has 1 heterocycles. The van der Waals surface area contributed by atoms with Crippen LogP contribution in [0.2, 0.25) is 0 Å². The number of aliphatic hydroxyl groups excluding tert-OH is 2. The summed E-state index contributed by atoms with van der Waals surface area (Å²) in [5, 5.41) is 45.8. The number of ether oxygens (including phenoxy) is 3. The number of pyridine rings is 1. The Hall–Kier alpha value is -5.54. The van der Waals surface area contributed by atoms with Gasteiger partial charge in [0.1, 0.15) is 18.5 Å². The van der Waals surface area contributed by atoms with Crippen LogP contribution in [0.5, 0.6) is 17.5 Å². The Balaban J connectivity index is 1.26. The van der Waals surface area contributed by atoms with Gasteiger partial charge in [0.15, 0.2) is 6.61 Å². The van der Waals surface area contributed by atoms with Gasteiger partial charge < -0.3 is 50.6 Å². The van der Waals surface area contributed by atoms with E-state index in [9.17, 15) is 24.6 Å². The fourth-order valence-electron chi connectivity index (χ4n) is 6.52. The SMILES string of the molecule is CNC(=O)COc1nc(O[C@H]2CCc3c(-c4cccc(-c5ccc(OCCNC[C@@H](O)CC(=O)O)cc5)c4C)cccc32)ccc1CNC[C@@H](O)CC(=O)O. The summed E-state index contributed by atoms with van der Waals surface area (Å²) >= 11 is 0. The monoisotopic (exact) mass is 756 g/mol. The third-order valence-corrected chi connectivity index (χ3v) is 9.24. The summed E-state index contributed by atoms with van der Waals surface area (Å²) in [7, 11) is 1.51. The first-order chi connectivity index (χ1) is 26.5. The van der Waals surface area contributed by atoms with Gasteiger partial charge in [0.25, 0.3) is 5.91 Å². The first-order valence-corrected chi connectivity index (χ1v) is 18.2. The summed E-state index contributed by atoms with van der Waals surface area (Å²) in [6.07, 6.45) is -1.40. The number of likely N-dealkylation sites (N-methyl/N-ethyl adjacent to an activating group) is 1. The van der Waals surface area contributed by atoms with Crippen LogP contribution in [-0.4, -0.2) is 95.4 Å². The molecular weight excluding hydrogens is 708 g/mol. The summed E-state index contributed by atoms with van der Waals surface area (Å²) in [6.45, 7) is 3.15. The van der Waals surface area contributed by atoms with Gasteiger partial charge in [-0.25, -0.2) is 0 Å². The number of nitrogens with zero attached hydrogens (tertiary/aromatic N) is 1. The maximum Gasteiger partial charge on any atom is 0.306 e. The molecule has 0 bridgehead atoms. The molecule has 0 saturated heterocycles. The van der Waals surface area contributed by atoms with Crippen molar-refractivity contribution in [3.63, 3.8) is 0 Å². The van der Waals surface area contributed by atoms with Crippen molar-refractivity contribution < 1.29 is 49.0 Å². The van der Waals surface area contributed by atoms with Crippen LogP contribution in [0.3, 0.4) is 0 Å². The van der Waals surface area contributed by atoms with Crippen LogP contribution < -0.4 is 30.2 Å². The predicted octanol–water partition coefficient (Wildman–Crippen LogP) is 3.64. The number of carboxylic acids is 2. The molecule has 1 aliphatic carbocycles. The van der Waals surface area contributed by atoms with Gasteiger partial charge >= 0.3 is 11.9 Å². The van der Waals surface area contributed by atoms with Gasteiger partial charge in [-0.2, -0.15) is 4.98 Å². The summed E-state index contributed by atoms with van der Waals surface area (Å²) in [5.74, 6) is -1.23. The number of carboxylic acid groups (broad SMARTS) is 2. The number of benzene rings is 3. The minimum absolute atomic E-state index is 0.0524. The smallest absolute Gasteiger partial charge is 0.306 e. The summed E-state index contributed by atoms with van der Waals surface area (Å²) in [4.78, 5) is 38.1. The molecule has 14 nitrogen and oxygen atoms in total. The zero-order valence-corrected chi connectivity index (χ0v) is 30.9. The second-order valence-electron chi connectivity index (χ2n) is 13.3. The van der Waals surface area contributed by atoms with E-state index in [1.165, 1.54) is 12.6 Å². The number of fused-ring (bicyclic) bond motifs is 1. The lowest BCUT2D eigenvalue weighted by Gasteiger charge is -2.18. The summed E-state index contributed by atoms with van der Waals surface area (Å²) in [5.41, 5.74) is 8.44. The number of carbonyl (C=O) groups excluding carboxylic acids is 1. The Labute approximate surface area is 319 Å². The third kappa shape index (κ3) is 11.5. The highest BCUT2D eigenvalue weighted by molar-refractivity contribution is 5.81. The van der Waals surface area contributed by atoms with Crippen LogP contribution in [-0.2, 0) is 27.3 Å². The zero-order valence-electron chi connectivity index (χ0n) is 30.9. The van der Waals surface area contributed by atoms with E-state index in [1.807, 2.05) is 30.3 Å². The molecule has 0 saturated carbocycles. The molecule has 0 radical (unpaired) electrons. The Morgan fingerprint density at radius 2 is 1.51 bits per heavy atom. The summed E-state index contributed by atoms with van der Waals surface area (Å²) < 4.78 is 18.0. The van der Waals surface area contributed by atoms with Crippen LogP contribution >= 0.6 is 0 Å². The Morgan fingerprint density at radius 1 is 0.836 bits per heavy atom. The maximum atomic E-state index is 12.0. The molecule has 3 aromatic carbocycles. The first kappa shape index (κ1) is 40.6. The molecule has 0 unspecified atom stereocenters. The lowest BCUT2D eigenvalue weighted by atomic mass is 9.89. The number of hydrogen-bond donors (Lipinski definition) is 7. The van der Waals surface area contributed by atoms with Crippen LogP contribution in [0, 0.1) is 6.92 Å². The van der Waals surface area contributed by atoms with E-state index in [0.717, 1.165) is 46.2 Å². The van der Waals surface area contributed by atoms with E-state index in [1.54, 1.807) is 12.1 Å². The topological polar surface area (TPSA) is 209 Å². The molecule has 7 N–H and O–H groups in total. The molecular formula is C41H48N4O10. The minimum atomic E-state index is -1.09. The van der Waals surface area contributed by atoms with Crippen LogP contribution in [0.15, 0.2) is 72.8 Å². The van der Waals surface area contributed by atoms with Crippen molar-refractivity contribution in [1.29, 1.82) is 0 Å². The Morgan fingerprint density at radius 3 is 2.22 bits per heavy atom. The van der Waals surface area contributed by atoms with Crippen molar-refractivity contribution >= 4 is 17.8 Å². The van der Waals surface area contributed by atoms with Gasteiger partial charge in [-0.3, -0.25) is 14.4 Å². The van der Waals surface area contributed by atoms with Crippen LogP contribution in [0.25, 0.3) is 22.3 Å². The van der Waals surface area contributed by atoms with E-state index in [-0.39, 0.29) is 57.0 Å². The number of nitrogens with one attached hydrogen (secondary N) is 3. The van der Waals surface area contributed by atoms with Gasteiger partial charge in [0.2, 0.25) is 11.8 Å². The largest absolute Gasteiger partial charge is 0.492 e. The lowest BCUT2D eigenvalue weighted by Crippen LogP contribution is -2.31. The number of amides is 1. The minimum Gasteiger partial charge on any atom is -0.492 e. The van der Waals surface area contributed by atoms with E-state index in [0.29, 0.717) is 30.3 Å². The highest BCUT2D eigenvalue weighted by Crippen LogP contribution is 2.42. The number of hydrogen-bond acceptors (Lipinski definition) is 11. The number of aliphatic carboxylic acids is 2. The summed E-state index contributed by atoms with van der Waals surface area (Å²) in [6, 6.07) is 23.9. The Bertz CT molecular complexity index is 1940. The highest BCUT2D eigenvalue weighted by Gasteiger charge is 2.28. The van der Waals surface area contributed by atoms with Crippen molar-refractivity contribution in [3.8, 4) is 39.8 Å². The molecule has 1 aromatic heterocycles. The van der Waals surface area contributed by atoms with Crippen molar-refractivity contribution in [2.24, 2.45) is 0 Å². The molecule has 292 valence electrons. The van der Waals surface area contributed by atoms with Gasteiger partial charge in [-0.1, -0.05) is 48.5 Å². The normalized spacial score (nSPS) is 14.4. The van der Waals surface area contributed by atoms with Gasteiger partial charge in [-0.05, 0) is 76.9 Å². The average Bonchev–Trinajstić information content (AvgIpc) is 3.57. The van der Waals surface area contributed by atoms with Gasteiger partial charge in [0, 0.05) is 44.9 Å². The molecule has 0 fully saturated rings. The van der Waals surface area contributed by atoms with Crippen molar-refractivity contribution in [1.82, 2.24) is 20.9 Å². The average molecular weight is 757 g/mol. The van der Waals surface area contributed by atoms with E-state index in [2.05, 4.69) is 58.2 Å². The molecule has 0 aliphatic heterocycles. The second kappa shape index (κ2) is 19.7. The second-order valence-corrected chi connectivity index (χ2v) is 13.3. The molecule has 5 rings (SSSR count). The lowest BCUT2D eigenvalue weighted by molar-refractivity contribution is -0.140. The first-order valence-electron chi connectivity index (χ1n) is 18.2. The van der Waals surface area contributed by atoms with Crippen LogP contribution in [0.4, 0.5) is 0 Å². The van der Waals surface area contributed by atoms with Gasteiger partial charge in [0.05, 0.1) is 25.0 Å². The molecule has 14 heteroatoms. The zero-order chi connectivity index (χ0) is 39.3. The fraction of sp³-hybridized carbons (Fsp3) is 0.366.